The van der Waals surface area contributed by atoms with Gasteiger partial charge in [0.2, 0.25) is 0 Å². The summed E-state index contributed by atoms with van der Waals surface area (Å²) in [6.45, 7) is -0.382. The third-order valence-electron chi connectivity index (χ3n) is 3.19. The molecule has 1 aliphatic heterocycles. The van der Waals surface area contributed by atoms with Gasteiger partial charge in [-0.2, -0.15) is 0 Å². The zero-order chi connectivity index (χ0) is 14.9. The second-order valence-corrected chi connectivity index (χ2v) is 4.84. The first kappa shape index (κ1) is 15.2. The van der Waals surface area contributed by atoms with Gasteiger partial charge >= 0.3 is 5.69 Å². The van der Waals surface area contributed by atoms with Crippen LogP contribution < -0.4 is 11.2 Å². The van der Waals surface area contributed by atoms with Gasteiger partial charge in [0.15, 0.2) is 0 Å². The average molecular weight is 307 g/mol. The molecule has 9 heteroatoms. The number of hydrogen-bond acceptors (Lipinski definition) is 6. The zero-order valence-electron chi connectivity index (χ0n) is 10.4. The normalized spacial score (nSPS) is 27.7. The summed E-state index contributed by atoms with van der Waals surface area (Å²) in [5, 5.41) is 28.3. The number of rotatable bonds is 4. The Kier molecular flexibility index (Phi) is 4.61. The maximum Gasteiger partial charge on any atom is 0.330 e. The van der Waals surface area contributed by atoms with Crippen LogP contribution in [-0.2, 0) is 4.74 Å². The van der Waals surface area contributed by atoms with Gasteiger partial charge in [-0.15, -0.1) is 11.6 Å². The van der Waals surface area contributed by atoms with Crippen LogP contribution in [0.4, 0.5) is 0 Å². The third kappa shape index (κ3) is 2.79. The number of ether oxygens (including phenoxy) is 1. The first-order valence-electron chi connectivity index (χ1n) is 6.01. The molecule has 0 spiro atoms. The number of aliphatic hydroxyl groups is 3. The Labute approximate surface area is 118 Å². The largest absolute Gasteiger partial charge is 0.394 e. The molecule has 1 aromatic heterocycles. The van der Waals surface area contributed by atoms with E-state index >= 15 is 0 Å². The van der Waals surface area contributed by atoms with Crippen molar-refractivity contribution in [3.63, 3.8) is 0 Å². The van der Waals surface area contributed by atoms with E-state index in [0.29, 0.717) is 0 Å². The standard InChI is InChI=1S/C11H15ClN2O6/c12-2-7(17)5-3-14(11(19)13-10(5)18)9-1-6(16)8(4-15)20-9/h3,6-9,15-17H,1-2,4H2,(H,13,18,19)/t6?,7?,8-,9-/m0/s1. The van der Waals surface area contributed by atoms with Gasteiger partial charge < -0.3 is 20.1 Å². The van der Waals surface area contributed by atoms with Crippen molar-refractivity contribution in [3.05, 3.63) is 32.6 Å². The van der Waals surface area contributed by atoms with Crippen molar-refractivity contribution in [2.45, 2.75) is 31.0 Å². The maximum absolute atomic E-state index is 11.8. The minimum absolute atomic E-state index is 0.0647. The molecular formula is C11H15ClN2O6. The van der Waals surface area contributed by atoms with Crippen LogP contribution in [0.1, 0.15) is 24.3 Å². The van der Waals surface area contributed by atoms with Crippen molar-refractivity contribution in [3.8, 4) is 0 Å². The predicted octanol–water partition coefficient (Wildman–Crippen LogP) is -1.55. The molecule has 1 saturated heterocycles. The lowest BCUT2D eigenvalue weighted by molar-refractivity contribution is -0.0461. The molecule has 4 N–H and O–H groups in total. The van der Waals surface area contributed by atoms with Crippen molar-refractivity contribution in [1.82, 2.24) is 9.55 Å². The van der Waals surface area contributed by atoms with Crippen LogP contribution in [0.25, 0.3) is 0 Å². The van der Waals surface area contributed by atoms with E-state index in [2.05, 4.69) is 4.98 Å². The highest BCUT2D eigenvalue weighted by atomic mass is 35.5. The number of aromatic nitrogens is 2. The molecule has 1 aliphatic rings. The highest BCUT2D eigenvalue weighted by Crippen LogP contribution is 2.27. The van der Waals surface area contributed by atoms with Crippen LogP contribution in [0, 0.1) is 0 Å². The van der Waals surface area contributed by atoms with Crippen LogP contribution in [0.3, 0.4) is 0 Å². The van der Waals surface area contributed by atoms with Gasteiger partial charge in [0.25, 0.3) is 5.56 Å². The molecule has 0 amide bonds. The topological polar surface area (TPSA) is 125 Å². The monoisotopic (exact) mass is 306 g/mol. The van der Waals surface area contributed by atoms with Gasteiger partial charge in [-0.1, -0.05) is 0 Å². The lowest BCUT2D eigenvalue weighted by Crippen LogP contribution is -2.35. The van der Waals surface area contributed by atoms with E-state index in [1.807, 2.05) is 0 Å². The highest BCUT2D eigenvalue weighted by molar-refractivity contribution is 6.18. The number of H-pyrrole nitrogens is 1. The van der Waals surface area contributed by atoms with E-state index in [1.54, 1.807) is 0 Å². The molecule has 2 heterocycles. The minimum atomic E-state index is -1.22. The van der Waals surface area contributed by atoms with Gasteiger partial charge in [-0.05, 0) is 0 Å². The first-order chi connectivity index (χ1) is 9.47. The lowest BCUT2D eigenvalue weighted by atomic mass is 10.2. The third-order valence-corrected chi connectivity index (χ3v) is 3.49. The van der Waals surface area contributed by atoms with Gasteiger partial charge in [0.1, 0.15) is 12.3 Å². The van der Waals surface area contributed by atoms with E-state index < -0.39 is 35.8 Å². The molecule has 1 fully saturated rings. The molecule has 0 aliphatic carbocycles. The Bertz CT molecular complexity index is 585. The van der Waals surface area contributed by atoms with Crippen molar-refractivity contribution < 1.29 is 20.1 Å². The van der Waals surface area contributed by atoms with Crippen LogP contribution in [0.15, 0.2) is 15.8 Å². The summed E-state index contributed by atoms with van der Waals surface area (Å²) in [6.07, 6.45) is -2.50. The molecule has 112 valence electrons. The zero-order valence-corrected chi connectivity index (χ0v) is 11.2. The lowest BCUT2D eigenvalue weighted by Gasteiger charge is -2.16. The summed E-state index contributed by atoms with van der Waals surface area (Å²) in [4.78, 5) is 25.4. The summed E-state index contributed by atoms with van der Waals surface area (Å²) >= 11 is 5.48. The summed E-state index contributed by atoms with van der Waals surface area (Å²) in [5.74, 6) is -0.200. The fourth-order valence-corrected chi connectivity index (χ4v) is 2.25. The van der Waals surface area contributed by atoms with E-state index in [-0.39, 0.29) is 24.5 Å². The Morgan fingerprint density at radius 1 is 1.55 bits per heavy atom. The molecule has 20 heavy (non-hydrogen) atoms. The molecule has 2 rings (SSSR count). The average Bonchev–Trinajstić information content (AvgIpc) is 2.79. The van der Waals surface area contributed by atoms with Crippen molar-refractivity contribution in [2.75, 3.05) is 12.5 Å². The van der Waals surface area contributed by atoms with Crippen molar-refractivity contribution in [2.24, 2.45) is 0 Å². The summed E-state index contributed by atoms with van der Waals surface area (Å²) in [7, 11) is 0. The fraction of sp³-hybridized carbons (Fsp3) is 0.636. The number of aliphatic hydroxyl groups excluding tert-OH is 3. The van der Waals surface area contributed by atoms with E-state index in [4.69, 9.17) is 21.4 Å². The number of aromatic amines is 1. The van der Waals surface area contributed by atoms with Crippen molar-refractivity contribution in [1.29, 1.82) is 0 Å². The van der Waals surface area contributed by atoms with Crippen LogP contribution in [-0.4, -0.2) is 49.6 Å². The molecule has 4 atom stereocenters. The number of halogens is 1. The molecule has 8 nitrogen and oxygen atoms in total. The fourth-order valence-electron chi connectivity index (χ4n) is 2.09. The van der Waals surface area contributed by atoms with Crippen LogP contribution >= 0.6 is 11.6 Å². The Morgan fingerprint density at radius 3 is 2.80 bits per heavy atom. The molecule has 1 aromatic rings. The van der Waals surface area contributed by atoms with Gasteiger partial charge in [-0.25, -0.2) is 4.79 Å². The summed E-state index contributed by atoms with van der Waals surface area (Å²) < 4.78 is 6.39. The van der Waals surface area contributed by atoms with Gasteiger partial charge in [0, 0.05) is 12.6 Å². The number of hydrogen-bond donors (Lipinski definition) is 4. The van der Waals surface area contributed by atoms with Gasteiger partial charge in [-0.3, -0.25) is 14.3 Å². The molecular weight excluding hydrogens is 292 g/mol. The molecule has 0 radical (unpaired) electrons. The summed E-state index contributed by atoms with van der Waals surface area (Å²) in [5.41, 5.74) is -1.52. The number of nitrogens with one attached hydrogen (secondary N) is 1. The highest BCUT2D eigenvalue weighted by Gasteiger charge is 2.35. The SMILES string of the molecule is O=c1[nH]c(=O)n([C@@H]2CC(O)[C@H](CO)O2)cc1C(O)CCl. The molecule has 2 unspecified atom stereocenters. The van der Waals surface area contributed by atoms with E-state index in [9.17, 15) is 19.8 Å². The maximum atomic E-state index is 11.8. The van der Waals surface area contributed by atoms with Crippen LogP contribution in [0.2, 0.25) is 0 Å². The minimum Gasteiger partial charge on any atom is -0.394 e. The smallest absolute Gasteiger partial charge is 0.330 e. The van der Waals surface area contributed by atoms with Gasteiger partial charge in [0.05, 0.1) is 30.3 Å². The Hall–Kier alpha value is -1.19. The first-order valence-corrected chi connectivity index (χ1v) is 6.55. The molecule has 0 aromatic carbocycles. The second-order valence-electron chi connectivity index (χ2n) is 4.54. The Balaban J connectivity index is 2.38. The molecule has 0 saturated carbocycles. The quantitative estimate of drug-likeness (QED) is 0.499. The van der Waals surface area contributed by atoms with E-state index in [0.717, 1.165) is 10.8 Å². The van der Waals surface area contributed by atoms with Crippen molar-refractivity contribution >= 4 is 11.6 Å². The number of alkyl halides is 1. The van der Waals surface area contributed by atoms with Crippen LogP contribution in [0.5, 0.6) is 0 Å². The molecule has 0 bridgehead atoms. The predicted molar refractivity (Wildman–Crippen MR) is 68.6 cm³/mol. The van der Waals surface area contributed by atoms with E-state index in [1.165, 1.54) is 0 Å². The Morgan fingerprint density at radius 2 is 2.25 bits per heavy atom. The number of nitrogens with zero attached hydrogens (tertiary/aromatic N) is 1. The second kappa shape index (κ2) is 6.06. The summed E-state index contributed by atoms with van der Waals surface area (Å²) in [6, 6.07) is 0.